The molecule has 0 aromatic heterocycles. The molecule has 3 amide bonds. The summed E-state index contributed by atoms with van der Waals surface area (Å²) in [6.07, 6.45) is 1.13. The Morgan fingerprint density at radius 2 is 1.86 bits per heavy atom. The molecule has 1 fully saturated rings. The van der Waals surface area contributed by atoms with E-state index in [1.54, 1.807) is 44.2 Å². The lowest BCUT2D eigenvalue weighted by molar-refractivity contribution is -0.149. The monoisotopic (exact) mass is 536 g/mol. The van der Waals surface area contributed by atoms with Gasteiger partial charge in [0.2, 0.25) is 0 Å². The van der Waals surface area contributed by atoms with Gasteiger partial charge in [0.1, 0.15) is 12.3 Å². The number of ether oxygens (including phenoxy) is 2. The van der Waals surface area contributed by atoms with E-state index in [0.29, 0.717) is 16.3 Å². The van der Waals surface area contributed by atoms with Crippen LogP contribution in [0.3, 0.4) is 0 Å². The van der Waals surface area contributed by atoms with Crippen LogP contribution in [0.5, 0.6) is 5.75 Å². The van der Waals surface area contributed by atoms with Crippen molar-refractivity contribution in [3.63, 3.8) is 0 Å². The Morgan fingerprint density at radius 3 is 2.51 bits per heavy atom. The predicted octanol–water partition coefficient (Wildman–Crippen LogP) is 5.31. The van der Waals surface area contributed by atoms with E-state index in [4.69, 9.17) is 32.7 Å². The quantitative estimate of drug-likeness (QED) is 0.360. The number of esters is 1. The van der Waals surface area contributed by atoms with Crippen LogP contribution in [0.1, 0.15) is 25.0 Å². The van der Waals surface area contributed by atoms with Gasteiger partial charge in [-0.15, -0.1) is 0 Å². The van der Waals surface area contributed by atoms with Crippen molar-refractivity contribution in [2.24, 2.45) is 0 Å². The van der Waals surface area contributed by atoms with Crippen LogP contribution in [-0.2, 0) is 19.1 Å². The van der Waals surface area contributed by atoms with E-state index in [1.165, 1.54) is 12.1 Å². The summed E-state index contributed by atoms with van der Waals surface area (Å²) in [7, 11) is 0. The van der Waals surface area contributed by atoms with Gasteiger partial charge in [-0.05, 0) is 74.0 Å². The van der Waals surface area contributed by atoms with Crippen molar-refractivity contribution in [2.45, 2.75) is 26.9 Å². The van der Waals surface area contributed by atoms with E-state index < -0.39 is 29.6 Å². The summed E-state index contributed by atoms with van der Waals surface area (Å²) < 4.78 is 10.5. The van der Waals surface area contributed by atoms with Gasteiger partial charge in [-0.2, -0.15) is 0 Å². The van der Waals surface area contributed by atoms with Crippen LogP contribution >= 0.6 is 35.0 Å². The molecule has 0 radical (unpaired) electrons. The van der Waals surface area contributed by atoms with Gasteiger partial charge in [-0.3, -0.25) is 24.1 Å². The highest BCUT2D eigenvalue weighted by Gasteiger charge is 2.36. The highest BCUT2D eigenvalue weighted by molar-refractivity contribution is 8.18. The highest BCUT2D eigenvalue weighted by Crippen LogP contribution is 2.33. The number of carbonyl (C=O) groups excluding carboxylic acids is 4. The lowest BCUT2D eigenvalue weighted by Gasteiger charge is -2.13. The molecule has 8 nitrogen and oxygen atoms in total. The molecule has 1 heterocycles. The number of nitrogens with one attached hydrogen (secondary N) is 1. The summed E-state index contributed by atoms with van der Waals surface area (Å²) in [5.41, 5.74) is 1.98. The third-order valence-electron chi connectivity index (χ3n) is 4.60. The zero-order valence-electron chi connectivity index (χ0n) is 19.1. The first kappa shape index (κ1) is 26.6. The Kier molecular flexibility index (Phi) is 8.82. The van der Waals surface area contributed by atoms with Crippen LogP contribution in [0, 0.1) is 6.92 Å². The number of amides is 3. The van der Waals surface area contributed by atoms with E-state index in [2.05, 4.69) is 5.32 Å². The third kappa shape index (κ3) is 7.24. The summed E-state index contributed by atoms with van der Waals surface area (Å²) in [5, 5.41) is 2.87. The van der Waals surface area contributed by atoms with E-state index in [0.717, 1.165) is 22.2 Å². The molecule has 0 atom stereocenters. The predicted molar refractivity (Wildman–Crippen MR) is 136 cm³/mol. The normalized spacial score (nSPS) is 14.6. The second-order valence-electron chi connectivity index (χ2n) is 7.80. The molecular weight excluding hydrogens is 515 g/mol. The Labute approximate surface area is 216 Å². The average molecular weight is 537 g/mol. The van der Waals surface area contributed by atoms with E-state index in [-0.39, 0.29) is 28.4 Å². The van der Waals surface area contributed by atoms with Crippen LogP contribution in [0.4, 0.5) is 10.5 Å². The second-order valence-corrected chi connectivity index (χ2v) is 9.60. The number of carbonyl (C=O) groups is 4. The van der Waals surface area contributed by atoms with Crippen molar-refractivity contribution in [1.82, 2.24) is 4.90 Å². The number of aryl methyl sites for hydroxylation is 1. The first-order valence-corrected chi connectivity index (χ1v) is 12.0. The van der Waals surface area contributed by atoms with Gasteiger partial charge in [0.05, 0.1) is 16.0 Å². The van der Waals surface area contributed by atoms with Crippen molar-refractivity contribution < 1.29 is 28.7 Å². The molecule has 1 aliphatic rings. The molecule has 1 aliphatic heterocycles. The van der Waals surface area contributed by atoms with Crippen LogP contribution < -0.4 is 10.1 Å². The third-order valence-corrected chi connectivity index (χ3v) is 6.21. The molecule has 3 rings (SSSR count). The maximum absolute atomic E-state index is 12.6. The molecule has 0 saturated carbocycles. The Hall–Kier alpha value is -3.01. The van der Waals surface area contributed by atoms with Crippen LogP contribution in [-0.4, -0.2) is 47.2 Å². The molecule has 0 unspecified atom stereocenters. The van der Waals surface area contributed by atoms with Crippen molar-refractivity contribution in [3.05, 3.63) is 62.5 Å². The fraction of sp³-hybridized carbons (Fsp3) is 0.250. The summed E-state index contributed by atoms with van der Waals surface area (Å²) in [4.78, 5) is 49.7. The van der Waals surface area contributed by atoms with Gasteiger partial charge in [0.25, 0.3) is 17.1 Å². The second kappa shape index (κ2) is 11.6. The molecule has 0 aliphatic carbocycles. The molecule has 184 valence electrons. The number of thioether (sulfide) groups is 1. The summed E-state index contributed by atoms with van der Waals surface area (Å²) in [6.45, 7) is 4.47. The molecule has 11 heteroatoms. The molecule has 0 spiro atoms. The smallest absolute Gasteiger partial charge is 0.326 e. The van der Waals surface area contributed by atoms with Gasteiger partial charge < -0.3 is 14.8 Å². The topological polar surface area (TPSA) is 102 Å². The van der Waals surface area contributed by atoms with Gasteiger partial charge in [0.15, 0.2) is 6.61 Å². The number of halogens is 2. The molecule has 1 N–H and O–H groups in total. The fourth-order valence-electron chi connectivity index (χ4n) is 2.95. The van der Waals surface area contributed by atoms with Gasteiger partial charge >= 0.3 is 5.97 Å². The lowest BCUT2D eigenvalue weighted by Crippen LogP contribution is -2.35. The van der Waals surface area contributed by atoms with Crippen molar-refractivity contribution in [1.29, 1.82) is 0 Å². The number of anilines is 1. The number of nitrogens with zero attached hydrogens (tertiary/aromatic N) is 1. The van der Waals surface area contributed by atoms with E-state index in [9.17, 15) is 19.2 Å². The summed E-state index contributed by atoms with van der Waals surface area (Å²) in [6, 6.07) is 9.88. The zero-order chi connectivity index (χ0) is 25.7. The first-order valence-electron chi connectivity index (χ1n) is 10.5. The number of hydrogen-bond donors (Lipinski definition) is 1. The molecule has 2 aromatic rings. The van der Waals surface area contributed by atoms with Gasteiger partial charge in [-0.25, -0.2) is 0 Å². The minimum absolute atomic E-state index is 0.146. The van der Waals surface area contributed by atoms with Crippen LogP contribution in [0.15, 0.2) is 41.3 Å². The molecule has 2 aromatic carbocycles. The number of rotatable bonds is 8. The molecule has 0 bridgehead atoms. The lowest BCUT2D eigenvalue weighted by atomic mass is 10.2. The highest BCUT2D eigenvalue weighted by atomic mass is 35.5. The number of hydrogen-bond acceptors (Lipinski definition) is 7. The van der Waals surface area contributed by atoms with Crippen LogP contribution in [0.2, 0.25) is 10.0 Å². The minimum atomic E-state index is -0.664. The maximum atomic E-state index is 12.6. The fourth-order valence-corrected chi connectivity index (χ4v) is 4.21. The minimum Gasteiger partial charge on any atom is -0.482 e. The van der Waals surface area contributed by atoms with Crippen molar-refractivity contribution in [2.75, 3.05) is 18.5 Å². The maximum Gasteiger partial charge on any atom is 0.326 e. The van der Waals surface area contributed by atoms with Crippen molar-refractivity contribution >= 4 is 69.8 Å². The van der Waals surface area contributed by atoms with Gasteiger partial charge in [-0.1, -0.05) is 35.3 Å². The van der Waals surface area contributed by atoms with Gasteiger partial charge in [0, 0.05) is 10.7 Å². The number of imide groups is 1. The standard InChI is InChI=1S/C24H22Cl2N2O6S/c1-13(2)34-22(30)11-28-23(31)20(35-24(28)32)9-15-5-7-19(18(26)8-15)33-12-21(29)27-16-6-4-14(3)17(25)10-16/h4-10,13H,11-12H2,1-3H3,(H,27,29)/b20-9-. The summed E-state index contributed by atoms with van der Waals surface area (Å²) in [5.74, 6) is -1.38. The molecular formula is C24H22Cl2N2O6S. The largest absolute Gasteiger partial charge is 0.482 e. The Morgan fingerprint density at radius 1 is 1.11 bits per heavy atom. The van der Waals surface area contributed by atoms with Crippen LogP contribution in [0.25, 0.3) is 6.08 Å². The first-order chi connectivity index (χ1) is 16.5. The average Bonchev–Trinajstić information content (AvgIpc) is 3.02. The molecule has 1 saturated heterocycles. The molecule has 35 heavy (non-hydrogen) atoms. The zero-order valence-corrected chi connectivity index (χ0v) is 21.4. The Balaban J connectivity index is 1.61. The Bertz CT molecular complexity index is 1210. The summed E-state index contributed by atoms with van der Waals surface area (Å²) >= 11 is 13.1. The van der Waals surface area contributed by atoms with Crippen molar-refractivity contribution in [3.8, 4) is 5.75 Å². The van der Waals surface area contributed by atoms with E-state index in [1.807, 2.05) is 6.92 Å². The SMILES string of the molecule is Cc1ccc(NC(=O)COc2ccc(/C=C3\SC(=O)N(CC(=O)OC(C)C)C3=O)cc2Cl)cc1Cl. The van der Waals surface area contributed by atoms with E-state index >= 15 is 0 Å². The number of benzene rings is 2.